The molecule has 0 saturated carbocycles. The van der Waals surface area contributed by atoms with Gasteiger partial charge in [0.25, 0.3) is 0 Å². The number of nitrogens with zero attached hydrogens (tertiary/aromatic N) is 1. The van der Waals surface area contributed by atoms with E-state index in [4.69, 9.17) is 16.6 Å². The van der Waals surface area contributed by atoms with Crippen LogP contribution >= 0.6 is 0 Å². The lowest BCUT2D eigenvalue weighted by molar-refractivity contribution is -0.140. The monoisotopic (exact) mass is 200 g/mol. The van der Waals surface area contributed by atoms with Crippen LogP contribution in [0.5, 0.6) is 0 Å². The van der Waals surface area contributed by atoms with Gasteiger partial charge < -0.3 is 20.4 Å². The number of rotatable bonds is 4. The summed E-state index contributed by atoms with van der Waals surface area (Å²) >= 11 is 0. The maximum atomic E-state index is 11.2. The van der Waals surface area contributed by atoms with Crippen LogP contribution in [-0.2, 0) is 4.79 Å². The summed E-state index contributed by atoms with van der Waals surface area (Å²) in [5, 5.41) is 19.2. The number of nitrogens with one attached hydrogen (secondary N) is 1. The largest absolute Gasteiger partial charge is 0.480 e. The standard InChI is InChI=1S/C8H12N2O4/c1-3-4-10(2)8(14)9-6(5-11)7(12)13/h1,6,11H,4-5H2,2H3,(H,9,14)(H,12,13)/t6-/m1/s1. The molecule has 0 aliphatic carbocycles. The molecule has 0 fully saturated rings. The fraction of sp³-hybridized carbons (Fsp3) is 0.500. The molecule has 0 aromatic rings. The molecule has 0 aliphatic rings. The van der Waals surface area contributed by atoms with Gasteiger partial charge in [-0.25, -0.2) is 9.59 Å². The maximum Gasteiger partial charge on any atom is 0.328 e. The molecule has 0 heterocycles. The van der Waals surface area contributed by atoms with Crippen molar-refractivity contribution in [3.63, 3.8) is 0 Å². The Morgan fingerprint density at radius 3 is 2.57 bits per heavy atom. The highest BCUT2D eigenvalue weighted by Crippen LogP contribution is 1.87. The molecule has 0 aromatic carbocycles. The first-order chi connectivity index (χ1) is 6.52. The predicted octanol–water partition coefficient (Wildman–Crippen LogP) is -1.29. The summed E-state index contributed by atoms with van der Waals surface area (Å²) in [5.74, 6) is 0.928. The predicted molar refractivity (Wildman–Crippen MR) is 48.5 cm³/mol. The quantitative estimate of drug-likeness (QED) is 0.492. The van der Waals surface area contributed by atoms with Crippen molar-refractivity contribution in [2.75, 3.05) is 20.2 Å². The van der Waals surface area contributed by atoms with E-state index < -0.39 is 24.6 Å². The summed E-state index contributed by atoms with van der Waals surface area (Å²) in [4.78, 5) is 22.7. The second-order valence-electron chi connectivity index (χ2n) is 2.58. The van der Waals surface area contributed by atoms with E-state index >= 15 is 0 Å². The van der Waals surface area contributed by atoms with Crippen LogP contribution in [-0.4, -0.2) is 53.4 Å². The number of urea groups is 1. The lowest BCUT2D eigenvalue weighted by Crippen LogP contribution is -2.48. The van der Waals surface area contributed by atoms with Crippen molar-refractivity contribution in [1.29, 1.82) is 0 Å². The number of amides is 2. The zero-order valence-corrected chi connectivity index (χ0v) is 7.73. The van der Waals surface area contributed by atoms with Crippen LogP contribution in [0.3, 0.4) is 0 Å². The maximum absolute atomic E-state index is 11.2. The van der Waals surface area contributed by atoms with Gasteiger partial charge >= 0.3 is 12.0 Å². The molecule has 0 spiro atoms. The van der Waals surface area contributed by atoms with Crippen LogP contribution in [0.25, 0.3) is 0 Å². The number of hydrogen-bond acceptors (Lipinski definition) is 3. The fourth-order valence-corrected chi connectivity index (χ4v) is 0.653. The molecule has 0 radical (unpaired) electrons. The highest BCUT2D eigenvalue weighted by molar-refractivity contribution is 5.82. The molecule has 78 valence electrons. The molecular weight excluding hydrogens is 188 g/mol. The van der Waals surface area contributed by atoms with E-state index in [1.807, 2.05) is 0 Å². The highest BCUT2D eigenvalue weighted by atomic mass is 16.4. The fourth-order valence-electron chi connectivity index (χ4n) is 0.653. The van der Waals surface area contributed by atoms with Gasteiger partial charge in [0.2, 0.25) is 0 Å². The average molecular weight is 200 g/mol. The number of aliphatic hydroxyl groups excluding tert-OH is 1. The van der Waals surface area contributed by atoms with Gasteiger partial charge in [-0.15, -0.1) is 6.42 Å². The third-order valence-electron chi connectivity index (χ3n) is 1.45. The number of carbonyl (C=O) groups is 2. The molecule has 2 amide bonds. The van der Waals surface area contributed by atoms with Gasteiger partial charge in [0.05, 0.1) is 13.2 Å². The number of carbonyl (C=O) groups excluding carboxylic acids is 1. The van der Waals surface area contributed by atoms with Gasteiger partial charge in [-0.05, 0) is 0 Å². The zero-order chi connectivity index (χ0) is 11.1. The average Bonchev–Trinajstić information content (AvgIpc) is 2.13. The Bertz CT molecular complexity index is 259. The molecule has 0 saturated heterocycles. The third-order valence-corrected chi connectivity index (χ3v) is 1.45. The van der Waals surface area contributed by atoms with E-state index in [2.05, 4.69) is 11.2 Å². The molecule has 3 N–H and O–H groups in total. The lowest BCUT2D eigenvalue weighted by atomic mass is 10.3. The Hall–Kier alpha value is -1.74. The summed E-state index contributed by atoms with van der Waals surface area (Å²) in [7, 11) is 1.42. The van der Waals surface area contributed by atoms with Crippen molar-refractivity contribution in [3.8, 4) is 12.3 Å². The Labute approximate surface area is 81.5 Å². The van der Waals surface area contributed by atoms with Gasteiger partial charge in [-0.1, -0.05) is 5.92 Å². The Kier molecular flexibility index (Phi) is 5.10. The van der Waals surface area contributed by atoms with E-state index in [-0.39, 0.29) is 6.54 Å². The normalized spacial score (nSPS) is 11.2. The van der Waals surface area contributed by atoms with Crippen LogP contribution < -0.4 is 5.32 Å². The van der Waals surface area contributed by atoms with Gasteiger partial charge in [0.15, 0.2) is 6.04 Å². The van der Waals surface area contributed by atoms with Crippen LogP contribution in [0.4, 0.5) is 4.79 Å². The summed E-state index contributed by atoms with van der Waals surface area (Å²) in [6.45, 7) is -0.589. The van der Waals surface area contributed by atoms with E-state index in [0.717, 1.165) is 4.90 Å². The lowest BCUT2D eigenvalue weighted by Gasteiger charge is -2.18. The van der Waals surface area contributed by atoms with E-state index in [9.17, 15) is 9.59 Å². The number of carboxylic acid groups (broad SMARTS) is 1. The molecule has 6 heteroatoms. The summed E-state index contributed by atoms with van der Waals surface area (Å²) < 4.78 is 0. The topological polar surface area (TPSA) is 89.9 Å². The van der Waals surface area contributed by atoms with Gasteiger partial charge in [-0.2, -0.15) is 0 Å². The minimum Gasteiger partial charge on any atom is -0.480 e. The van der Waals surface area contributed by atoms with Crippen molar-refractivity contribution in [2.45, 2.75) is 6.04 Å². The minimum atomic E-state index is -1.30. The number of carboxylic acids is 1. The van der Waals surface area contributed by atoms with Crippen molar-refractivity contribution in [2.24, 2.45) is 0 Å². The Balaban J connectivity index is 4.16. The van der Waals surface area contributed by atoms with E-state index in [1.165, 1.54) is 7.05 Å². The summed E-state index contributed by atoms with van der Waals surface area (Å²) in [5.41, 5.74) is 0. The first-order valence-corrected chi connectivity index (χ1v) is 3.81. The number of terminal acetylenes is 1. The van der Waals surface area contributed by atoms with Crippen molar-refractivity contribution < 1.29 is 19.8 Å². The van der Waals surface area contributed by atoms with Crippen LogP contribution in [0.1, 0.15) is 0 Å². The SMILES string of the molecule is C#CCN(C)C(=O)N[C@H](CO)C(=O)O. The smallest absolute Gasteiger partial charge is 0.328 e. The van der Waals surface area contributed by atoms with Gasteiger partial charge in [0, 0.05) is 7.05 Å². The van der Waals surface area contributed by atoms with Crippen LogP contribution in [0.2, 0.25) is 0 Å². The van der Waals surface area contributed by atoms with Crippen molar-refractivity contribution >= 4 is 12.0 Å². The second kappa shape index (κ2) is 5.83. The van der Waals surface area contributed by atoms with Gasteiger partial charge in [0.1, 0.15) is 0 Å². The van der Waals surface area contributed by atoms with Crippen molar-refractivity contribution in [1.82, 2.24) is 10.2 Å². The molecule has 0 aliphatic heterocycles. The van der Waals surface area contributed by atoms with E-state index in [0.29, 0.717) is 0 Å². The molecule has 14 heavy (non-hydrogen) atoms. The molecule has 6 nitrogen and oxygen atoms in total. The molecule has 0 rings (SSSR count). The van der Waals surface area contributed by atoms with Crippen molar-refractivity contribution in [3.05, 3.63) is 0 Å². The first kappa shape index (κ1) is 12.3. The molecule has 0 aromatic heterocycles. The zero-order valence-electron chi connectivity index (χ0n) is 7.73. The van der Waals surface area contributed by atoms with Crippen LogP contribution in [0, 0.1) is 12.3 Å². The van der Waals surface area contributed by atoms with Crippen LogP contribution in [0.15, 0.2) is 0 Å². The molecule has 0 unspecified atom stereocenters. The first-order valence-electron chi connectivity index (χ1n) is 3.81. The molecule has 1 atom stereocenters. The highest BCUT2D eigenvalue weighted by Gasteiger charge is 2.19. The summed E-state index contributed by atoms with van der Waals surface area (Å²) in [6, 6.07) is -1.94. The minimum absolute atomic E-state index is 0.0730. The molecule has 0 bridgehead atoms. The second-order valence-corrected chi connectivity index (χ2v) is 2.58. The Morgan fingerprint density at radius 2 is 2.21 bits per heavy atom. The summed E-state index contributed by atoms with van der Waals surface area (Å²) in [6.07, 6.45) is 4.95. The number of hydrogen-bond donors (Lipinski definition) is 3. The van der Waals surface area contributed by atoms with E-state index in [1.54, 1.807) is 0 Å². The van der Waals surface area contributed by atoms with Gasteiger partial charge in [-0.3, -0.25) is 0 Å². The number of aliphatic carboxylic acids is 1. The number of aliphatic hydroxyl groups is 1. The molecular formula is C8H12N2O4. The third kappa shape index (κ3) is 3.78. The Morgan fingerprint density at radius 1 is 1.64 bits per heavy atom.